The molecule has 0 bridgehead atoms. The summed E-state index contributed by atoms with van der Waals surface area (Å²) in [6.45, 7) is 4.08. The van der Waals surface area contributed by atoms with E-state index in [0.717, 1.165) is 55.2 Å². The number of carbonyl (C=O) groups is 2. The first kappa shape index (κ1) is 31.4. The summed E-state index contributed by atoms with van der Waals surface area (Å²) < 4.78 is 0. The maximum Gasteiger partial charge on any atom is 0.259 e. The molecule has 0 fully saturated rings. The summed E-state index contributed by atoms with van der Waals surface area (Å²) in [4.78, 5) is 24.4. The Bertz CT molecular complexity index is 1820. The molecule has 0 heterocycles. The molecule has 5 aromatic rings. The third-order valence-corrected chi connectivity index (χ3v) is 7.05. The highest BCUT2D eigenvalue weighted by molar-refractivity contribution is 5.90. The van der Waals surface area contributed by atoms with Crippen LogP contribution < -0.4 is 21.5 Å². The van der Waals surface area contributed by atoms with Gasteiger partial charge in [-0.05, 0) is 81.9 Å². The lowest BCUT2D eigenvalue weighted by molar-refractivity contribution is -0.120. The molecular weight excluding hydrogens is 572 g/mol. The van der Waals surface area contributed by atoms with Crippen LogP contribution in [-0.2, 0) is 9.59 Å². The van der Waals surface area contributed by atoms with Gasteiger partial charge in [0.25, 0.3) is 11.8 Å². The van der Waals surface area contributed by atoms with Crippen molar-refractivity contribution in [3.63, 3.8) is 0 Å². The Labute approximate surface area is 268 Å². The van der Waals surface area contributed by atoms with E-state index in [1.807, 2.05) is 123 Å². The van der Waals surface area contributed by atoms with Crippen molar-refractivity contribution in [3.05, 3.63) is 131 Å². The third-order valence-electron chi connectivity index (χ3n) is 7.05. The number of amides is 2. The van der Waals surface area contributed by atoms with Crippen LogP contribution in [0.25, 0.3) is 33.7 Å². The van der Waals surface area contributed by atoms with Gasteiger partial charge in [0.2, 0.25) is 0 Å². The van der Waals surface area contributed by atoms with Gasteiger partial charge in [-0.25, -0.2) is 10.9 Å². The number of fused-ring (bicyclic) bond motifs is 2. The number of anilines is 2. The van der Waals surface area contributed by atoms with Gasteiger partial charge >= 0.3 is 0 Å². The third kappa shape index (κ3) is 9.49. The first-order chi connectivity index (χ1) is 22.4. The molecule has 0 unspecified atom stereocenters. The fourth-order valence-corrected chi connectivity index (χ4v) is 4.74. The van der Waals surface area contributed by atoms with Crippen molar-refractivity contribution in [2.24, 2.45) is 10.2 Å². The second-order valence-electron chi connectivity index (χ2n) is 10.9. The molecule has 0 aliphatic carbocycles. The quantitative estimate of drug-likeness (QED) is 0.0886. The van der Waals surface area contributed by atoms with E-state index in [9.17, 15) is 9.59 Å². The van der Waals surface area contributed by atoms with Gasteiger partial charge in [0.1, 0.15) is 0 Å². The monoisotopic (exact) mass is 608 g/mol. The Morgan fingerprint density at radius 3 is 1.35 bits per heavy atom. The lowest BCUT2D eigenvalue weighted by Gasteiger charge is -2.06. The number of benzene rings is 5. The highest BCUT2D eigenvalue weighted by Gasteiger charge is 2.02. The first-order valence-corrected chi connectivity index (χ1v) is 15.0. The maximum atomic E-state index is 12.2. The van der Waals surface area contributed by atoms with Crippen molar-refractivity contribution < 1.29 is 9.59 Å². The first-order valence-electron chi connectivity index (χ1n) is 15.0. The number of hydrogen-bond acceptors (Lipinski definition) is 6. The van der Waals surface area contributed by atoms with Crippen LogP contribution in [0.1, 0.15) is 25.0 Å². The minimum absolute atomic E-state index is 0.118. The van der Waals surface area contributed by atoms with Crippen LogP contribution in [0.5, 0.6) is 0 Å². The van der Waals surface area contributed by atoms with Crippen molar-refractivity contribution in [1.29, 1.82) is 0 Å². The molecule has 0 saturated heterocycles. The highest BCUT2D eigenvalue weighted by Crippen LogP contribution is 2.19. The zero-order valence-corrected chi connectivity index (χ0v) is 25.8. The Balaban J connectivity index is 1.03. The van der Waals surface area contributed by atoms with Crippen LogP contribution in [0.3, 0.4) is 0 Å². The highest BCUT2D eigenvalue weighted by atomic mass is 16.2. The Kier molecular flexibility index (Phi) is 10.7. The fraction of sp³-hybridized carbons (Fsp3) is 0.105. The summed E-state index contributed by atoms with van der Waals surface area (Å²) in [5.74, 6) is -0.464. The minimum Gasteiger partial charge on any atom is -0.376 e. The number of rotatable bonds is 12. The second-order valence-corrected chi connectivity index (χ2v) is 10.9. The van der Waals surface area contributed by atoms with E-state index in [4.69, 9.17) is 0 Å². The Hall–Kier alpha value is -6.02. The van der Waals surface area contributed by atoms with Gasteiger partial charge in [0, 0.05) is 11.4 Å². The average Bonchev–Trinajstić information content (AvgIpc) is 3.07. The molecule has 2 amide bonds. The van der Waals surface area contributed by atoms with Crippen LogP contribution in [0.2, 0.25) is 0 Å². The van der Waals surface area contributed by atoms with E-state index >= 15 is 0 Å². The normalized spacial score (nSPS) is 12.1. The molecule has 0 saturated carbocycles. The molecule has 0 radical (unpaired) electrons. The van der Waals surface area contributed by atoms with Crippen LogP contribution in [0.4, 0.5) is 11.4 Å². The predicted octanol–water partition coefficient (Wildman–Crippen LogP) is 7.23. The molecule has 4 N–H and O–H groups in total. The van der Waals surface area contributed by atoms with Crippen molar-refractivity contribution in [2.45, 2.75) is 13.8 Å². The van der Waals surface area contributed by atoms with E-state index in [1.54, 1.807) is 12.4 Å². The topological polar surface area (TPSA) is 107 Å². The van der Waals surface area contributed by atoms with Gasteiger partial charge in [0.05, 0.1) is 25.5 Å². The standard InChI is InChI=1S/C38H36N6O2/c1-27(23-41-43-37(45)25-39-35-17-15-31-7-3-5-9-33(31)21-35)19-29-11-13-30(14-12-29)20-28(2)24-42-44-38(46)26-40-36-18-16-32-8-4-6-10-34(32)22-36/h3-24,39-40H,25-26H2,1-2H3,(H,43,45)(H,44,46)/b27-19+,28-20+,41-23-,42-24-. The maximum absolute atomic E-state index is 12.2. The molecule has 8 nitrogen and oxygen atoms in total. The molecule has 46 heavy (non-hydrogen) atoms. The molecular formula is C38H36N6O2. The summed E-state index contributed by atoms with van der Waals surface area (Å²) in [6, 6.07) is 36.2. The van der Waals surface area contributed by atoms with Gasteiger partial charge in [-0.1, -0.05) is 97.1 Å². The van der Waals surface area contributed by atoms with E-state index < -0.39 is 0 Å². The van der Waals surface area contributed by atoms with Crippen LogP contribution in [0, 0.1) is 0 Å². The second kappa shape index (κ2) is 15.6. The zero-order chi connectivity index (χ0) is 32.1. The summed E-state index contributed by atoms with van der Waals surface area (Å²) >= 11 is 0. The zero-order valence-electron chi connectivity index (χ0n) is 25.8. The number of nitrogens with zero attached hydrogens (tertiary/aromatic N) is 2. The largest absolute Gasteiger partial charge is 0.376 e. The average molecular weight is 609 g/mol. The van der Waals surface area contributed by atoms with Crippen molar-refractivity contribution in [1.82, 2.24) is 10.9 Å². The molecule has 8 heteroatoms. The Morgan fingerprint density at radius 2 is 0.935 bits per heavy atom. The van der Waals surface area contributed by atoms with E-state index in [1.165, 1.54) is 0 Å². The smallest absolute Gasteiger partial charge is 0.259 e. The summed E-state index contributed by atoms with van der Waals surface area (Å²) in [6.07, 6.45) is 7.19. The fourth-order valence-electron chi connectivity index (χ4n) is 4.74. The molecule has 0 atom stereocenters. The predicted molar refractivity (Wildman–Crippen MR) is 192 cm³/mol. The molecule has 0 aromatic heterocycles. The summed E-state index contributed by atoms with van der Waals surface area (Å²) in [7, 11) is 0. The summed E-state index contributed by atoms with van der Waals surface area (Å²) in [5.41, 5.74) is 10.7. The number of hydrazone groups is 2. The van der Waals surface area contributed by atoms with Crippen molar-refractivity contribution in [2.75, 3.05) is 23.7 Å². The number of hydrogen-bond donors (Lipinski definition) is 4. The minimum atomic E-state index is -0.232. The Morgan fingerprint density at radius 1 is 0.543 bits per heavy atom. The summed E-state index contributed by atoms with van der Waals surface area (Å²) in [5, 5.41) is 18.9. The molecule has 230 valence electrons. The SMILES string of the molecule is CC(/C=N\NC(=O)CNc1ccc2ccccc2c1)=C\c1ccc(/C=C(C)/C=N\NC(=O)CNc2ccc3ccccc3c2)cc1. The molecule has 5 rings (SSSR count). The van der Waals surface area contributed by atoms with Gasteiger partial charge in [-0.3, -0.25) is 9.59 Å². The van der Waals surface area contributed by atoms with Gasteiger partial charge in [-0.15, -0.1) is 0 Å². The van der Waals surface area contributed by atoms with E-state index in [2.05, 4.69) is 43.8 Å². The van der Waals surface area contributed by atoms with Gasteiger partial charge in [0.15, 0.2) is 0 Å². The van der Waals surface area contributed by atoms with Crippen LogP contribution in [0.15, 0.2) is 131 Å². The molecule has 5 aromatic carbocycles. The van der Waals surface area contributed by atoms with E-state index in [-0.39, 0.29) is 24.9 Å². The van der Waals surface area contributed by atoms with Crippen LogP contribution >= 0.6 is 0 Å². The molecule has 0 aliphatic rings. The number of nitrogens with one attached hydrogen (secondary N) is 4. The van der Waals surface area contributed by atoms with Gasteiger partial charge < -0.3 is 10.6 Å². The molecule has 0 spiro atoms. The van der Waals surface area contributed by atoms with E-state index in [0.29, 0.717) is 0 Å². The van der Waals surface area contributed by atoms with Crippen molar-refractivity contribution in [3.8, 4) is 0 Å². The van der Waals surface area contributed by atoms with Gasteiger partial charge in [-0.2, -0.15) is 10.2 Å². The number of carbonyl (C=O) groups excluding carboxylic acids is 2. The lowest BCUT2D eigenvalue weighted by Crippen LogP contribution is -2.25. The molecule has 0 aliphatic heterocycles. The van der Waals surface area contributed by atoms with Crippen molar-refractivity contribution >= 4 is 69.3 Å². The number of allylic oxidation sites excluding steroid dienone is 2. The lowest BCUT2D eigenvalue weighted by atomic mass is 10.1. The van der Waals surface area contributed by atoms with Crippen LogP contribution in [-0.4, -0.2) is 37.3 Å².